The van der Waals surface area contributed by atoms with Crippen molar-refractivity contribution in [3.05, 3.63) is 59.5 Å². The van der Waals surface area contributed by atoms with Gasteiger partial charge in [0.2, 0.25) is 0 Å². The van der Waals surface area contributed by atoms with Crippen molar-refractivity contribution >= 4 is 0 Å². The SMILES string of the molecule is CCCNC(CCc1cccc(C)c1)Cc1ccoc1. The van der Waals surface area contributed by atoms with Crippen LogP contribution in [0.2, 0.25) is 0 Å². The van der Waals surface area contributed by atoms with E-state index in [1.54, 1.807) is 6.26 Å². The van der Waals surface area contributed by atoms with Crippen LogP contribution in [-0.2, 0) is 12.8 Å². The molecule has 1 aromatic carbocycles. The van der Waals surface area contributed by atoms with Crippen molar-refractivity contribution in [3.8, 4) is 0 Å². The molecule has 0 saturated heterocycles. The lowest BCUT2D eigenvalue weighted by molar-refractivity contribution is 0.474. The average molecular weight is 271 g/mol. The molecule has 1 heterocycles. The van der Waals surface area contributed by atoms with Crippen LogP contribution in [0.25, 0.3) is 0 Å². The summed E-state index contributed by atoms with van der Waals surface area (Å²) in [7, 11) is 0. The summed E-state index contributed by atoms with van der Waals surface area (Å²) in [6, 6.07) is 11.4. The molecule has 108 valence electrons. The maximum absolute atomic E-state index is 5.17. The van der Waals surface area contributed by atoms with Gasteiger partial charge < -0.3 is 9.73 Å². The smallest absolute Gasteiger partial charge is 0.0935 e. The zero-order valence-electron chi connectivity index (χ0n) is 12.6. The highest BCUT2D eigenvalue weighted by Crippen LogP contribution is 2.12. The molecular weight excluding hydrogens is 246 g/mol. The Morgan fingerprint density at radius 3 is 2.80 bits per heavy atom. The van der Waals surface area contributed by atoms with E-state index >= 15 is 0 Å². The minimum atomic E-state index is 0.521. The number of hydrogen-bond acceptors (Lipinski definition) is 2. The first-order chi connectivity index (χ1) is 9.78. The molecule has 0 saturated carbocycles. The van der Waals surface area contributed by atoms with Crippen LogP contribution in [0.5, 0.6) is 0 Å². The highest BCUT2D eigenvalue weighted by Gasteiger charge is 2.10. The van der Waals surface area contributed by atoms with E-state index in [1.807, 2.05) is 6.26 Å². The maximum Gasteiger partial charge on any atom is 0.0935 e. The summed E-state index contributed by atoms with van der Waals surface area (Å²) in [6.07, 6.45) is 8.12. The summed E-state index contributed by atoms with van der Waals surface area (Å²) < 4.78 is 5.17. The Labute approximate surface area is 122 Å². The van der Waals surface area contributed by atoms with Gasteiger partial charge >= 0.3 is 0 Å². The first-order valence-corrected chi connectivity index (χ1v) is 7.58. The van der Waals surface area contributed by atoms with Gasteiger partial charge in [0, 0.05) is 6.04 Å². The Hall–Kier alpha value is -1.54. The normalized spacial score (nSPS) is 12.5. The molecule has 1 aromatic heterocycles. The number of aryl methyl sites for hydroxylation is 2. The van der Waals surface area contributed by atoms with Gasteiger partial charge in [-0.15, -0.1) is 0 Å². The average Bonchev–Trinajstić information content (AvgIpc) is 2.95. The van der Waals surface area contributed by atoms with E-state index in [0.717, 1.165) is 25.8 Å². The number of hydrogen-bond donors (Lipinski definition) is 1. The monoisotopic (exact) mass is 271 g/mol. The number of rotatable bonds is 8. The highest BCUT2D eigenvalue weighted by molar-refractivity contribution is 5.22. The second-order valence-electron chi connectivity index (χ2n) is 5.51. The molecular formula is C18H25NO. The lowest BCUT2D eigenvalue weighted by Crippen LogP contribution is -2.32. The van der Waals surface area contributed by atoms with E-state index in [-0.39, 0.29) is 0 Å². The molecule has 0 amide bonds. The molecule has 2 heteroatoms. The number of nitrogens with one attached hydrogen (secondary N) is 1. The molecule has 0 aliphatic carbocycles. The topological polar surface area (TPSA) is 25.2 Å². The van der Waals surface area contributed by atoms with Crippen LogP contribution in [0, 0.1) is 6.92 Å². The molecule has 20 heavy (non-hydrogen) atoms. The first-order valence-electron chi connectivity index (χ1n) is 7.58. The summed E-state index contributed by atoms with van der Waals surface area (Å²) in [5.41, 5.74) is 4.05. The molecule has 0 radical (unpaired) electrons. The molecule has 1 N–H and O–H groups in total. The van der Waals surface area contributed by atoms with Crippen molar-refractivity contribution in [1.82, 2.24) is 5.32 Å². The highest BCUT2D eigenvalue weighted by atomic mass is 16.3. The molecule has 0 aliphatic rings. The lowest BCUT2D eigenvalue weighted by Gasteiger charge is -2.18. The van der Waals surface area contributed by atoms with Crippen molar-refractivity contribution in [2.45, 2.75) is 45.6 Å². The first kappa shape index (κ1) is 14.9. The molecule has 0 bridgehead atoms. The van der Waals surface area contributed by atoms with Crippen LogP contribution in [0.1, 0.15) is 36.5 Å². The van der Waals surface area contributed by atoms with Gasteiger partial charge in [0.1, 0.15) is 0 Å². The van der Waals surface area contributed by atoms with E-state index in [0.29, 0.717) is 6.04 Å². The zero-order valence-corrected chi connectivity index (χ0v) is 12.6. The van der Waals surface area contributed by atoms with Crippen LogP contribution >= 0.6 is 0 Å². The molecule has 0 spiro atoms. The second kappa shape index (κ2) is 7.91. The van der Waals surface area contributed by atoms with Crippen molar-refractivity contribution in [1.29, 1.82) is 0 Å². The van der Waals surface area contributed by atoms with Crippen LogP contribution in [-0.4, -0.2) is 12.6 Å². The molecule has 2 aromatic rings. The number of furan rings is 1. The third-order valence-electron chi connectivity index (χ3n) is 3.61. The van der Waals surface area contributed by atoms with E-state index < -0.39 is 0 Å². The maximum atomic E-state index is 5.17. The minimum absolute atomic E-state index is 0.521. The molecule has 2 nitrogen and oxygen atoms in total. The third kappa shape index (κ3) is 4.86. The lowest BCUT2D eigenvalue weighted by atomic mass is 9.99. The minimum Gasteiger partial charge on any atom is -0.472 e. The fourth-order valence-electron chi connectivity index (χ4n) is 2.53. The van der Waals surface area contributed by atoms with E-state index in [4.69, 9.17) is 4.42 Å². The standard InChI is InChI=1S/C18H25NO/c1-3-10-19-18(13-17-9-11-20-14-17)8-7-16-6-4-5-15(2)12-16/h4-6,9,11-12,14,18-19H,3,7-8,10,13H2,1-2H3. The molecule has 1 atom stereocenters. The van der Waals surface area contributed by atoms with Crippen LogP contribution in [0.3, 0.4) is 0 Å². The van der Waals surface area contributed by atoms with Gasteiger partial charge in [0.15, 0.2) is 0 Å². The summed E-state index contributed by atoms with van der Waals surface area (Å²) in [6.45, 7) is 5.45. The van der Waals surface area contributed by atoms with Gasteiger partial charge in [0.25, 0.3) is 0 Å². The Morgan fingerprint density at radius 1 is 1.20 bits per heavy atom. The fraction of sp³-hybridized carbons (Fsp3) is 0.444. The van der Waals surface area contributed by atoms with Gasteiger partial charge in [-0.05, 0) is 56.3 Å². The summed E-state index contributed by atoms with van der Waals surface area (Å²) in [5, 5.41) is 3.65. The quantitative estimate of drug-likeness (QED) is 0.781. The molecule has 0 aliphatic heterocycles. The Balaban J connectivity index is 1.89. The summed E-state index contributed by atoms with van der Waals surface area (Å²) in [4.78, 5) is 0. The van der Waals surface area contributed by atoms with E-state index in [1.165, 1.54) is 23.1 Å². The predicted octanol–water partition coefficient (Wildman–Crippen LogP) is 4.13. The van der Waals surface area contributed by atoms with Crippen LogP contribution in [0.4, 0.5) is 0 Å². The number of benzene rings is 1. The Bertz CT molecular complexity index is 490. The molecule has 2 rings (SSSR count). The van der Waals surface area contributed by atoms with Crippen molar-refractivity contribution < 1.29 is 4.42 Å². The summed E-state index contributed by atoms with van der Waals surface area (Å²) in [5.74, 6) is 0. The predicted molar refractivity (Wildman–Crippen MR) is 84.0 cm³/mol. The van der Waals surface area contributed by atoms with Crippen LogP contribution in [0.15, 0.2) is 47.3 Å². The molecule has 0 fully saturated rings. The van der Waals surface area contributed by atoms with Gasteiger partial charge in [-0.3, -0.25) is 0 Å². The zero-order chi connectivity index (χ0) is 14.2. The van der Waals surface area contributed by atoms with Crippen molar-refractivity contribution in [2.75, 3.05) is 6.54 Å². The van der Waals surface area contributed by atoms with E-state index in [9.17, 15) is 0 Å². The molecule has 1 unspecified atom stereocenters. The van der Waals surface area contributed by atoms with Gasteiger partial charge in [-0.1, -0.05) is 36.8 Å². The van der Waals surface area contributed by atoms with Gasteiger partial charge in [0.05, 0.1) is 12.5 Å². The van der Waals surface area contributed by atoms with Crippen molar-refractivity contribution in [2.24, 2.45) is 0 Å². The largest absolute Gasteiger partial charge is 0.472 e. The van der Waals surface area contributed by atoms with Crippen LogP contribution < -0.4 is 5.32 Å². The fourth-order valence-corrected chi connectivity index (χ4v) is 2.53. The van der Waals surface area contributed by atoms with Gasteiger partial charge in [-0.2, -0.15) is 0 Å². The van der Waals surface area contributed by atoms with E-state index in [2.05, 4.69) is 49.5 Å². The summed E-state index contributed by atoms with van der Waals surface area (Å²) >= 11 is 0. The van der Waals surface area contributed by atoms with Crippen molar-refractivity contribution in [3.63, 3.8) is 0 Å². The van der Waals surface area contributed by atoms with Gasteiger partial charge in [-0.25, -0.2) is 0 Å². The third-order valence-corrected chi connectivity index (χ3v) is 3.61. The Morgan fingerprint density at radius 2 is 2.10 bits per heavy atom. The Kier molecular flexibility index (Phi) is 5.87. The second-order valence-corrected chi connectivity index (χ2v) is 5.51.